The maximum atomic E-state index is 10.4. The molecule has 0 aliphatic carbocycles. The van der Waals surface area contributed by atoms with Gasteiger partial charge in [0, 0.05) is 12.6 Å². The van der Waals surface area contributed by atoms with Gasteiger partial charge in [0.15, 0.2) is 0 Å². The van der Waals surface area contributed by atoms with Gasteiger partial charge < -0.3 is 5.32 Å². The van der Waals surface area contributed by atoms with Gasteiger partial charge in [-0.2, -0.15) is 0 Å². The molecule has 82 valence electrons. The van der Waals surface area contributed by atoms with E-state index in [1.165, 1.54) is 12.3 Å². The number of rotatable bonds is 3. The minimum Gasteiger partial charge on any atom is -0.370 e. The van der Waals surface area contributed by atoms with Gasteiger partial charge in [-0.1, -0.05) is 20.8 Å². The first-order valence-corrected chi connectivity index (χ1v) is 4.73. The van der Waals surface area contributed by atoms with E-state index >= 15 is 0 Å². The van der Waals surface area contributed by atoms with Crippen molar-refractivity contribution in [3.63, 3.8) is 0 Å². The Balaban J connectivity index is 2.61. The molecule has 1 aromatic heterocycles. The number of hydrogen-bond donors (Lipinski definition) is 1. The standard InChI is InChI=1S/C10H15N3O2/c1-10(2,3)7-12-9-5-4-8(6-11-9)13(14)15/h4-6H,7H2,1-3H3,(H,11,12). The van der Waals surface area contributed by atoms with Crippen LogP contribution in [0.2, 0.25) is 0 Å². The number of nitro groups is 1. The highest BCUT2D eigenvalue weighted by molar-refractivity contribution is 5.40. The Morgan fingerprint density at radius 3 is 2.53 bits per heavy atom. The molecule has 0 aliphatic rings. The molecule has 0 saturated carbocycles. The molecule has 0 fully saturated rings. The van der Waals surface area contributed by atoms with Crippen molar-refractivity contribution in [2.75, 3.05) is 11.9 Å². The molecule has 1 N–H and O–H groups in total. The summed E-state index contributed by atoms with van der Waals surface area (Å²) in [5, 5.41) is 13.5. The summed E-state index contributed by atoms with van der Waals surface area (Å²) in [5.41, 5.74) is 0.167. The fourth-order valence-electron chi connectivity index (χ4n) is 0.954. The first-order chi connectivity index (χ1) is 6.88. The molecule has 1 heterocycles. The van der Waals surface area contributed by atoms with E-state index in [1.807, 2.05) is 0 Å². The number of aromatic nitrogens is 1. The van der Waals surface area contributed by atoms with Gasteiger partial charge in [0.05, 0.1) is 4.92 Å². The maximum absolute atomic E-state index is 10.4. The molecule has 0 aliphatic heterocycles. The van der Waals surface area contributed by atoms with E-state index in [2.05, 4.69) is 31.1 Å². The molecule has 0 saturated heterocycles. The van der Waals surface area contributed by atoms with E-state index in [4.69, 9.17) is 0 Å². The van der Waals surface area contributed by atoms with Crippen LogP contribution in [0.1, 0.15) is 20.8 Å². The van der Waals surface area contributed by atoms with Crippen molar-refractivity contribution in [1.29, 1.82) is 0 Å². The van der Waals surface area contributed by atoms with Gasteiger partial charge in [0.25, 0.3) is 5.69 Å². The predicted molar refractivity (Wildman–Crippen MR) is 58.8 cm³/mol. The summed E-state index contributed by atoms with van der Waals surface area (Å²) in [4.78, 5) is 13.9. The van der Waals surface area contributed by atoms with Crippen molar-refractivity contribution in [3.05, 3.63) is 28.4 Å². The quantitative estimate of drug-likeness (QED) is 0.613. The maximum Gasteiger partial charge on any atom is 0.287 e. The second kappa shape index (κ2) is 4.25. The topological polar surface area (TPSA) is 68.1 Å². The lowest BCUT2D eigenvalue weighted by molar-refractivity contribution is -0.385. The number of pyridine rings is 1. The number of nitrogens with one attached hydrogen (secondary N) is 1. The molecule has 0 radical (unpaired) electrons. The van der Waals surface area contributed by atoms with E-state index in [0.29, 0.717) is 5.82 Å². The SMILES string of the molecule is CC(C)(C)CNc1ccc([N+](=O)[O-])cn1. The van der Waals surface area contributed by atoms with E-state index in [1.54, 1.807) is 6.07 Å². The zero-order valence-electron chi connectivity index (χ0n) is 9.15. The molecule has 0 atom stereocenters. The number of nitrogens with zero attached hydrogens (tertiary/aromatic N) is 2. The molecule has 1 aromatic rings. The summed E-state index contributed by atoms with van der Waals surface area (Å²) in [6.45, 7) is 7.08. The number of anilines is 1. The van der Waals surface area contributed by atoms with Gasteiger partial charge in [0.2, 0.25) is 0 Å². The largest absolute Gasteiger partial charge is 0.370 e. The van der Waals surface area contributed by atoms with Crippen molar-refractivity contribution in [2.24, 2.45) is 5.41 Å². The van der Waals surface area contributed by atoms with E-state index < -0.39 is 4.92 Å². The summed E-state index contributed by atoms with van der Waals surface area (Å²) in [7, 11) is 0. The van der Waals surface area contributed by atoms with Crippen molar-refractivity contribution in [2.45, 2.75) is 20.8 Å². The molecule has 0 spiro atoms. The van der Waals surface area contributed by atoms with Crippen LogP contribution in [0.5, 0.6) is 0 Å². The average Bonchev–Trinajstić information content (AvgIpc) is 2.14. The highest BCUT2D eigenvalue weighted by Gasteiger charge is 2.10. The molecule has 15 heavy (non-hydrogen) atoms. The summed E-state index contributed by atoms with van der Waals surface area (Å²) >= 11 is 0. The molecular formula is C10H15N3O2. The van der Waals surface area contributed by atoms with Crippen LogP contribution in [0.4, 0.5) is 11.5 Å². The molecule has 0 aromatic carbocycles. The zero-order chi connectivity index (χ0) is 11.5. The second-order valence-corrected chi connectivity index (χ2v) is 4.57. The summed E-state index contributed by atoms with van der Waals surface area (Å²) in [5.74, 6) is 0.663. The lowest BCUT2D eigenvalue weighted by Crippen LogP contribution is -2.19. The van der Waals surface area contributed by atoms with Crippen LogP contribution in [0, 0.1) is 15.5 Å². The molecule has 0 bridgehead atoms. The Hall–Kier alpha value is -1.65. The average molecular weight is 209 g/mol. The smallest absolute Gasteiger partial charge is 0.287 e. The predicted octanol–water partition coefficient (Wildman–Crippen LogP) is 2.45. The third kappa shape index (κ3) is 3.93. The number of hydrogen-bond acceptors (Lipinski definition) is 4. The van der Waals surface area contributed by atoms with Crippen molar-refractivity contribution in [3.8, 4) is 0 Å². The van der Waals surface area contributed by atoms with Gasteiger partial charge in [-0.25, -0.2) is 4.98 Å². The lowest BCUT2D eigenvalue weighted by Gasteiger charge is -2.18. The normalized spacial score (nSPS) is 11.1. The molecule has 5 nitrogen and oxygen atoms in total. The van der Waals surface area contributed by atoms with Gasteiger partial charge in [0.1, 0.15) is 12.0 Å². The minimum absolute atomic E-state index is 0.0105. The van der Waals surface area contributed by atoms with E-state index in [0.717, 1.165) is 6.54 Å². The molecular weight excluding hydrogens is 194 g/mol. The Kier molecular flexibility index (Phi) is 3.24. The highest BCUT2D eigenvalue weighted by Crippen LogP contribution is 2.16. The fraction of sp³-hybridized carbons (Fsp3) is 0.500. The summed E-state index contributed by atoms with van der Waals surface area (Å²) in [6, 6.07) is 3.06. The van der Waals surface area contributed by atoms with E-state index in [9.17, 15) is 10.1 Å². The zero-order valence-corrected chi connectivity index (χ0v) is 9.15. The molecule has 1 rings (SSSR count). The summed E-state index contributed by atoms with van der Waals surface area (Å²) < 4.78 is 0. The summed E-state index contributed by atoms with van der Waals surface area (Å²) in [6.07, 6.45) is 1.25. The van der Waals surface area contributed by atoms with Gasteiger partial charge >= 0.3 is 0 Å². The Morgan fingerprint density at radius 2 is 2.13 bits per heavy atom. The third-order valence-electron chi connectivity index (χ3n) is 1.76. The molecule has 0 unspecified atom stereocenters. The van der Waals surface area contributed by atoms with Gasteiger partial charge in [-0.05, 0) is 11.5 Å². The fourth-order valence-corrected chi connectivity index (χ4v) is 0.954. The second-order valence-electron chi connectivity index (χ2n) is 4.57. The third-order valence-corrected chi connectivity index (χ3v) is 1.76. The van der Waals surface area contributed by atoms with Crippen LogP contribution in [0.15, 0.2) is 18.3 Å². The van der Waals surface area contributed by atoms with Crippen molar-refractivity contribution in [1.82, 2.24) is 4.98 Å². The Bertz CT molecular complexity index is 341. The van der Waals surface area contributed by atoms with Crippen LogP contribution < -0.4 is 5.32 Å². The van der Waals surface area contributed by atoms with Crippen LogP contribution in [-0.2, 0) is 0 Å². The lowest BCUT2D eigenvalue weighted by atomic mass is 9.97. The Labute approximate surface area is 88.7 Å². The van der Waals surface area contributed by atoms with Crippen LogP contribution in [0.3, 0.4) is 0 Å². The minimum atomic E-state index is -0.458. The highest BCUT2D eigenvalue weighted by atomic mass is 16.6. The van der Waals surface area contributed by atoms with Gasteiger partial charge in [-0.3, -0.25) is 10.1 Å². The monoisotopic (exact) mass is 209 g/mol. The van der Waals surface area contributed by atoms with Gasteiger partial charge in [-0.15, -0.1) is 0 Å². The first kappa shape index (κ1) is 11.4. The Morgan fingerprint density at radius 1 is 1.47 bits per heavy atom. The van der Waals surface area contributed by atoms with Crippen LogP contribution in [-0.4, -0.2) is 16.5 Å². The van der Waals surface area contributed by atoms with Crippen LogP contribution >= 0.6 is 0 Å². The van der Waals surface area contributed by atoms with Crippen LogP contribution in [0.25, 0.3) is 0 Å². The van der Waals surface area contributed by atoms with Crippen molar-refractivity contribution < 1.29 is 4.92 Å². The molecule has 0 amide bonds. The first-order valence-electron chi connectivity index (χ1n) is 4.73. The van der Waals surface area contributed by atoms with E-state index in [-0.39, 0.29) is 11.1 Å². The van der Waals surface area contributed by atoms with Crippen molar-refractivity contribution >= 4 is 11.5 Å². The molecule has 5 heteroatoms.